The van der Waals surface area contributed by atoms with Gasteiger partial charge >= 0.3 is 0 Å². The molecule has 2 amide bonds. The lowest BCUT2D eigenvalue weighted by Gasteiger charge is -2.23. The first-order chi connectivity index (χ1) is 17.1. The van der Waals surface area contributed by atoms with Gasteiger partial charge in [0.2, 0.25) is 5.91 Å². The highest BCUT2D eigenvalue weighted by molar-refractivity contribution is 7.99. The molecule has 0 fully saturated rings. The second kappa shape index (κ2) is 12.4. The molecule has 3 aromatic rings. The molecular weight excluding hydrogens is 517 g/mol. The predicted molar refractivity (Wildman–Crippen MR) is 147 cm³/mol. The lowest BCUT2D eigenvalue weighted by atomic mass is 10.0. The van der Waals surface area contributed by atoms with E-state index in [1.165, 1.54) is 17.8 Å². The van der Waals surface area contributed by atoms with Gasteiger partial charge in [-0.25, -0.2) is 0 Å². The lowest BCUT2D eigenvalue weighted by molar-refractivity contribution is -0.113. The molecule has 0 radical (unpaired) electrons. The Morgan fingerprint density at radius 3 is 2.58 bits per heavy atom. The standard InChI is InChI=1S/C26H29Cl2N5O2S/c1-6-12-33-24(23(15(2)3)30-25(35)19-11-10-18(27)13-20(19)28)31-32-26(33)36-14-22(34)29-21-9-7-8-16(4)17(21)5/h6-11,13,15,23H,1,12,14H2,2-5H3,(H,29,34)(H,30,35)/t23-/m0/s1. The van der Waals surface area contributed by atoms with Crippen LogP contribution in [0.5, 0.6) is 0 Å². The second-order valence-corrected chi connectivity index (χ2v) is 10.4. The predicted octanol–water partition coefficient (Wildman–Crippen LogP) is 6.25. The van der Waals surface area contributed by atoms with E-state index >= 15 is 0 Å². The van der Waals surface area contributed by atoms with E-state index in [2.05, 4.69) is 27.4 Å². The van der Waals surface area contributed by atoms with E-state index in [4.69, 9.17) is 23.2 Å². The largest absolute Gasteiger partial charge is 0.342 e. The van der Waals surface area contributed by atoms with Crippen molar-refractivity contribution < 1.29 is 9.59 Å². The van der Waals surface area contributed by atoms with Crippen LogP contribution >= 0.6 is 35.0 Å². The molecule has 0 spiro atoms. The smallest absolute Gasteiger partial charge is 0.253 e. The molecule has 7 nitrogen and oxygen atoms in total. The van der Waals surface area contributed by atoms with Crippen molar-refractivity contribution in [1.29, 1.82) is 0 Å². The van der Waals surface area contributed by atoms with Crippen molar-refractivity contribution in [3.05, 3.63) is 81.6 Å². The number of benzene rings is 2. The van der Waals surface area contributed by atoms with Gasteiger partial charge in [0, 0.05) is 17.3 Å². The van der Waals surface area contributed by atoms with Crippen molar-refractivity contribution in [1.82, 2.24) is 20.1 Å². The topological polar surface area (TPSA) is 88.9 Å². The van der Waals surface area contributed by atoms with Crippen molar-refractivity contribution in [3.63, 3.8) is 0 Å². The third kappa shape index (κ3) is 6.69. The van der Waals surface area contributed by atoms with E-state index in [1.807, 2.05) is 50.5 Å². The van der Waals surface area contributed by atoms with Crippen LogP contribution in [0.15, 0.2) is 54.2 Å². The number of carbonyl (C=O) groups excluding carboxylic acids is 2. The van der Waals surface area contributed by atoms with E-state index < -0.39 is 6.04 Å². The molecule has 2 aromatic carbocycles. The fourth-order valence-corrected chi connectivity index (χ4v) is 4.81. The quantitative estimate of drug-likeness (QED) is 0.232. The number of amides is 2. The van der Waals surface area contributed by atoms with Crippen LogP contribution in [0.25, 0.3) is 0 Å². The summed E-state index contributed by atoms with van der Waals surface area (Å²) in [4.78, 5) is 25.6. The molecule has 0 aliphatic carbocycles. The van der Waals surface area contributed by atoms with E-state index in [9.17, 15) is 9.59 Å². The fourth-order valence-electron chi connectivity index (χ4n) is 3.56. The van der Waals surface area contributed by atoms with Gasteiger partial charge in [-0.1, -0.05) is 67.0 Å². The van der Waals surface area contributed by atoms with Crippen LogP contribution in [0.3, 0.4) is 0 Å². The number of nitrogens with zero attached hydrogens (tertiary/aromatic N) is 3. The third-order valence-electron chi connectivity index (χ3n) is 5.68. The number of thioether (sulfide) groups is 1. The van der Waals surface area contributed by atoms with Gasteiger partial charge in [0.25, 0.3) is 5.91 Å². The zero-order valence-electron chi connectivity index (χ0n) is 20.6. The molecular formula is C26H29Cl2N5O2S. The first kappa shape index (κ1) is 27.8. The van der Waals surface area contributed by atoms with Gasteiger partial charge in [-0.3, -0.25) is 9.59 Å². The van der Waals surface area contributed by atoms with Gasteiger partial charge in [-0.2, -0.15) is 0 Å². The highest BCUT2D eigenvalue weighted by Gasteiger charge is 2.27. The number of aryl methyl sites for hydroxylation is 1. The maximum atomic E-state index is 13.0. The third-order valence-corrected chi connectivity index (χ3v) is 7.19. The average Bonchev–Trinajstić information content (AvgIpc) is 3.21. The minimum atomic E-state index is -0.449. The number of rotatable bonds is 10. The van der Waals surface area contributed by atoms with Gasteiger partial charge < -0.3 is 15.2 Å². The summed E-state index contributed by atoms with van der Waals surface area (Å²) in [5, 5.41) is 15.9. The molecule has 2 N–H and O–H groups in total. The van der Waals surface area contributed by atoms with Crippen LogP contribution in [0, 0.1) is 19.8 Å². The summed E-state index contributed by atoms with van der Waals surface area (Å²) in [6, 6.07) is 10.1. The Bertz CT molecular complexity index is 1280. The summed E-state index contributed by atoms with van der Waals surface area (Å²) in [7, 11) is 0. The summed E-state index contributed by atoms with van der Waals surface area (Å²) in [6.45, 7) is 12.2. The molecule has 0 saturated carbocycles. The molecule has 1 heterocycles. The van der Waals surface area contributed by atoms with E-state index in [0.717, 1.165) is 16.8 Å². The van der Waals surface area contributed by atoms with Gasteiger partial charge in [-0.05, 0) is 55.2 Å². The van der Waals surface area contributed by atoms with Crippen molar-refractivity contribution in [2.24, 2.45) is 5.92 Å². The highest BCUT2D eigenvalue weighted by Crippen LogP contribution is 2.27. The number of allylic oxidation sites excluding steroid dienone is 1. The monoisotopic (exact) mass is 545 g/mol. The van der Waals surface area contributed by atoms with Gasteiger partial charge in [0.15, 0.2) is 11.0 Å². The van der Waals surface area contributed by atoms with Crippen LogP contribution in [-0.2, 0) is 11.3 Å². The number of anilines is 1. The summed E-state index contributed by atoms with van der Waals surface area (Å²) in [5.41, 5.74) is 3.25. The molecule has 0 bridgehead atoms. The van der Waals surface area contributed by atoms with Crippen molar-refractivity contribution in [3.8, 4) is 0 Å². The molecule has 0 aliphatic heterocycles. The minimum absolute atomic E-state index is 0.00163. The minimum Gasteiger partial charge on any atom is -0.342 e. The normalized spacial score (nSPS) is 11.9. The summed E-state index contributed by atoms with van der Waals surface area (Å²) < 4.78 is 1.86. The Morgan fingerprint density at radius 1 is 1.17 bits per heavy atom. The number of nitrogens with one attached hydrogen (secondary N) is 2. The molecule has 190 valence electrons. The van der Waals surface area contributed by atoms with Gasteiger partial charge in [-0.15, -0.1) is 16.8 Å². The summed E-state index contributed by atoms with van der Waals surface area (Å²) >= 11 is 13.5. The SMILES string of the molecule is C=CCn1c(SCC(=O)Nc2cccc(C)c2C)nnc1[C@@H](NC(=O)c1ccc(Cl)cc1Cl)C(C)C. The van der Waals surface area contributed by atoms with E-state index in [1.54, 1.807) is 18.2 Å². The average molecular weight is 547 g/mol. The molecule has 10 heteroatoms. The Labute approximate surface area is 225 Å². The second-order valence-electron chi connectivity index (χ2n) is 8.64. The fraction of sp³-hybridized carbons (Fsp3) is 0.308. The van der Waals surface area contributed by atoms with E-state index in [0.29, 0.717) is 28.1 Å². The summed E-state index contributed by atoms with van der Waals surface area (Å²) in [6.07, 6.45) is 1.72. The summed E-state index contributed by atoms with van der Waals surface area (Å²) in [5.74, 6) is 0.237. The van der Waals surface area contributed by atoms with Gasteiger partial charge in [0.05, 0.1) is 22.4 Å². The van der Waals surface area contributed by atoms with Crippen molar-refractivity contribution in [2.45, 2.75) is 45.4 Å². The molecule has 0 saturated heterocycles. The maximum absolute atomic E-state index is 13.0. The Kier molecular flexibility index (Phi) is 9.59. The number of aromatic nitrogens is 3. The van der Waals surface area contributed by atoms with Crippen molar-refractivity contribution >= 4 is 52.5 Å². The Hall–Kier alpha value is -2.81. The molecule has 36 heavy (non-hydrogen) atoms. The van der Waals surface area contributed by atoms with Crippen LogP contribution in [0.4, 0.5) is 5.69 Å². The van der Waals surface area contributed by atoms with Crippen LogP contribution in [-0.4, -0.2) is 32.3 Å². The molecule has 3 rings (SSSR count). The lowest BCUT2D eigenvalue weighted by Crippen LogP contribution is -2.34. The number of hydrogen-bond donors (Lipinski definition) is 2. The van der Waals surface area contributed by atoms with Crippen LogP contribution in [0.1, 0.15) is 47.2 Å². The highest BCUT2D eigenvalue weighted by atomic mass is 35.5. The molecule has 1 atom stereocenters. The molecule has 0 aliphatic rings. The number of carbonyl (C=O) groups is 2. The Morgan fingerprint density at radius 2 is 1.92 bits per heavy atom. The maximum Gasteiger partial charge on any atom is 0.253 e. The van der Waals surface area contributed by atoms with E-state index in [-0.39, 0.29) is 28.5 Å². The Balaban J connectivity index is 1.78. The van der Waals surface area contributed by atoms with Crippen LogP contribution in [0.2, 0.25) is 10.0 Å². The van der Waals surface area contributed by atoms with Crippen LogP contribution < -0.4 is 10.6 Å². The first-order valence-electron chi connectivity index (χ1n) is 11.4. The first-order valence-corrected chi connectivity index (χ1v) is 13.1. The van der Waals surface area contributed by atoms with Gasteiger partial charge in [0.1, 0.15) is 0 Å². The molecule has 0 unspecified atom stereocenters. The molecule has 1 aromatic heterocycles. The zero-order chi connectivity index (χ0) is 26.4. The number of halogens is 2. The zero-order valence-corrected chi connectivity index (χ0v) is 23.0. The number of hydrogen-bond acceptors (Lipinski definition) is 5. The van der Waals surface area contributed by atoms with Crippen molar-refractivity contribution in [2.75, 3.05) is 11.1 Å².